The Hall–Kier alpha value is -0.0800. The molecule has 0 spiro atoms. The SMILES string of the molecule is CCCCCCC(C)(CN)N1CCC(CCC)C1. The number of rotatable bonds is 9. The summed E-state index contributed by atoms with van der Waals surface area (Å²) in [4.78, 5) is 2.68. The van der Waals surface area contributed by atoms with Crippen LogP contribution in [0.15, 0.2) is 0 Å². The molecule has 0 radical (unpaired) electrons. The molecule has 1 saturated heterocycles. The van der Waals surface area contributed by atoms with E-state index in [4.69, 9.17) is 5.73 Å². The standard InChI is InChI=1S/C16H34N2/c1-4-6-7-8-11-16(3,14-17)18-12-10-15(13-18)9-5-2/h15H,4-14,17H2,1-3H3. The first-order valence-corrected chi connectivity index (χ1v) is 8.11. The van der Waals surface area contributed by atoms with Crippen molar-refractivity contribution >= 4 is 0 Å². The molecular weight excluding hydrogens is 220 g/mol. The van der Waals surface area contributed by atoms with Crippen LogP contribution in [0.2, 0.25) is 0 Å². The first kappa shape index (κ1) is 16.0. The maximum atomic E-state index is 6.08. The first-order valence-electron chi connectivity index (χ1n) is 8.11. The van der Waals surface area contributed by atoms with E-state index < -0.39 is 0 Å². The molecule has 0 amide bonds. The summed E-state index contributed by atoms with van der Waals surface area (Å²) >= 11 is 0. The van der Waals surface area contributed by atoms with Gasteiger partial charge in [0.05, 0.1) is 0 Å². The molecule has 0 saturated carbocycles. The monoisotopic (exact) mass is 254 g/mol. The lowest BCUT2D eigenvalue weighted by atomic mass is 9.92. The zero-order valence-electron chi connectivity index (χ0n) is 12.9. The molecule has 1 aliphatic rings. The fourth-order valence-corrected chi connectivity index (χ4v) is 3.29. The Balaban J connectivity index is 2.38. The van der Waals surface area contributed by atoms with Crippen LogP contribution in [-0.2, 0) is 0 Å². The van der Waals surface area contributed by atoms with Crippen molar-refractivity contribution in [2.24, 2.45) is 11.7 Å². The molecule has 1 fully saturated rings. The van der Waals surface area contributed by atoms with Crippen LogP contribution in [0.5, 0.6) is 0 Å². The van der Waals surface area contributed by atoms with Crippen molar-refractivity contribution in [3.05, 3.63) is 0 Å². The minimum atomic E-state index is 0.260. The maximum absolute atomic E-state index is 6.08. The van der Waals surface area contributed by atoms with Crippen molar-refractivity contribution in [3.8, 4) is 0 Å². The van der Waals surface area contributed by atoms with Crippen molar-refractivity contribution in [1.29, 1.82) is 0 Å². The number of hydrogen-bond donors (Lipinski definition) is 1. The molecule has 0 aliphatic carbocycles. The molecule has 1 aliphatic heterocycles. The van der Waals surface area contributed by atoms with E-state index in [1.54, 1.807) is 0 Å². The predicted octanol–water partition coefficient (Wildman–Crippen LogP) is 3.80. The average molecular weight is 254 g/mol. The average Bonchev–Trinajstić information content (AvgIpc) is 2.84. The van der Waals surface area contributed by atoms with E-state index in [0.717, 1.165) is 12.5 Å². The number of likely N-dealkylation sites (tertiary alicyclic amines) is 1. The van der Waals surface area contributed by atoms with Gasteiger partial charge in [0.15, 0.2) is 0 Å². The van der Waals surface area contributed by atoms with Gasteiger partial charge in [-0.15, -0.1) is 0 Å². The number of unbranched alkanes of at least 4 members (excludes halogenated alkanes) is 3. The lowest BCUT2D eigenvalue weighted by molar-refractivity contribution is 0.123. The Labute approximate surface area is 114 Å². The van der Waals surface area contributed by atoms with Gasteiger partial charge < -0.3 is 5.73 Å². The molecule has 2 unspecified atom stereocenters. The maximum Gasteiger partial charge on any atom is 0.0303 e. The Morgan fingerprint density at radius 2 is 1.94 bits per heavy atom. The third kappa shape index (κ3) is 4.55. The Morgan fingerprint density at radius 1 is 1.17 bits per heavy atom. The Kier molecular flexibility index (Phi) is 7.25. The predicted molar refractivity (Wildman–Crippen MR) is 80.8 cm³/mol. The highest BCUT2D eigenvalue weighted by Gasteiger charge is 2.34. The lowest BCUT2D eigenvalue weighted by Crippen LogP contribution is -2.50. The van der Waals surface area contributed by atoms with Crippen LogP contribution < -0.4 is 5.73 Å². The van der Waals surface area contributed by atoms with E-state index in [1.165, 1.54) is 64.5 Å². The van der Waals surface area contributed by atoms with E-state index in [-0.39, 0.29) is 5.54 Å². The third-order valence-corrected chi connectivity index (χ3v) is 4.75. The summed E-state index contributed by atoms with van der Waals surface area (Å²) < 4.78 is 0. The van der Waals surface area contributed by atoms with E-state index in [1.807, 2.05) is 0 Å². The summed E-state index contributed by atoms with van der Waals surface area (Å²) in [5.74, 6) is 0.927. The van der Waals surface area contributed by atoms with Gasteiger partial charge in [0.1, 0.15) is 0 Å². The molecule has 2 N–H and O–H groups in total. The Bertz CT molecular complexity index is 217. The molecule has 18 heavy (non-hydrogen) atoms. The van der Waals surface area contributed by atoms with E-state index in [9.17, 15) is 0 Å². The summed E-state index contributed by atoms with van der Waals surface area (Å²) in [6.45, 7) is 10.3. The second kappa shape index (κ2) is 8.16. The smallest absolute Gasteiger partial charge is 0.0303 e. The number of hydrogen-bond acceptors (Lipinski definition) is 2. The van der Waals surface area contributed by atoms with E-state index in [0.29, 0.717) is 0 Å². The van der Waals surface area contributed by atoms with Gasteiger partial charge in [0.2, 0.25) is 0 Å². The van der Waals surface area contributed by atoms with Crippen LogP contribution in [0.1, 0.15) is 72.1 Å². The molecule has 108 valence electrons. The minimum absolute atomic E-state index is 0.260. The van der Waals surface area contributed by atoms with Crippen LogP contribution in [-0.4, -0.2) is 30.1 Å². The van der Waals surface area contributed by atoms with Gasteiger partial charge in [-0.2, -0.15) is 0 Å². The molecule has 2 heteroatoms. The van der Waals surface area contributed by atoms with E-state index >= 15 is 0 Å². The summed E-state index contributed by atoms with van der Waals surface area (Å²) in [6.07, 6.45) is 10.8. The van der Waals surface area contributed by atoms with Gasteiger partial charge in [-0.1, -0.05) is 46.0 Å². The van der Waals surface area contributed by atoms with Crippen LogP contribution >= 0.6 is 0 Å². The zero-order valence-corrected chi connectivity index (χ0v) is 12.9. The molecule has 0 aromatic carbocycles. The molecule has 1 heterocycles. The molecule has 0 bridgehead atoms. The van der Waals surface area contributed by atoms with E-state index in [2.05, 4.69) is 25.7 Å². The first-order chi connectivity index (χ1) is 8.66. The number of nitrogens with zero attached hydrogens (tertiary/aromatic N) is 1. The molecule has 0 aromatic heterocycles. The van der Waals surface area contributed by atoms with Gasteiger partial charge in [0.25, 0.3) is 0 Å². The normalized spacial score (nSPS) is 24.3. The highest BCUT2D eigenvalue weighted by molar-refractivity contribution is 4.91. The van der Waals surface area contributed by atoms with Crippen LogP contribution in [0.3, 0.4) is 0 Å². The molecular formula is C16H34N2. The minimum Gasteiger partial charge on any atom is -0.329 e. The fourth-order valence-electron chi connectivity index (χ4n) is 3.29. The van der Waals surface area contributed by atoms with Crippen molar-refractivity contribution in [2.45, 2.75) is 77.7 Å². The van der Waals surface area contributed by atoms with Crippen molar-refractivity contribution < 1.29 is 0 Å². The van der Waals surface area contributed by atoms with Gasteiger partial charge in [-0.05, 0) is 38.6 Å². The van der Waals surface area contributed by atoms with Gasteiger partial charge >= 0.3 is 0 Å². The van der Waals surface area contributed by atoms with Crippen molar-refractivity contribution in [3.63, 3.8) is 0 Å². The highest BCUT2D eigenvalue weighted by atomic mass is 15.2. The summed E-state index contributed by atoms with van der Waals surface area (Å²) in [5.41, 5.74) is 6.34. The molecule has 1 rings (SSSR count). The van der Waals surface area contributed by atoms with Gasteiger partial charge in [-0.25, -0.2) is 0 Å². The summed E-state index contributed by atoms with van der Waals surface area (Å²) in [7, 11) is 0. The Morgan fingerprint density at radius 3 is 2.56 bits per heavy atom. The molecule has 2 atom stereocenters. The lowest BCUT2D eigenvalue weighted by Gasteiger charge is -2.38. The molecule has 0 aromatic rings. The zero-order chi connectivity index (χ0) is 13.4. The summed E-state index contributed by atoms with van der Waals surface area (Å²) in [6, 6.07) is 0. The molecule has 2 nitrogen and oxygen atoms in total. The largest absolute Gasteiger partial charge is 0.329 e. The quantitative estimate of drug-likeness (QED) is 0.634. The van der Waals surface area contributed by atoms with Gasteiger partial charge in [-0.3, -0.25) is 4.90 Å². The topological polar surface area (TPSA) is 29.3 Å². The third-order valence-electron chi connectivity index (χ3n) is 4.75. The number of nitrogens with two attached hydrogens (primary N) is 1. The second-order valence-electron chi connectivity index (χ2n) is 6.40. The fraction of sp³-hybridized carbons (Fsp3) is 1.00. The second-order valence-corrected chi connectivity index (χ2v) is 6.40. The van der Waals surface area contributed by atoms with Gasteiger partial charge in [0, 0.05) is 18.6 Å². The van der Waals surface area contributed by atoms with Crippen LogP contribution in [0.4, 0.5) is 0 Å². The van der Waals surface area contributed by atoms with Crippen LogP contribution in [0.25, 0.3) is 0 Å². The van der Waals surface area contributed by atoms with Crippen molar-refractivity contribution in [2.75, 3.05) is 19.6 Å². The highest BCUT2D eigenvalue weighted by Crippen LogP contribution is 2.30. The van der Waals surface area contributed by atoms with Crippen molar-refractivity contribution in [1.82, 2.24) is 4.90 Å². The van der Waals surface area contributed by atoms with Crippen LogP contribution in [0, 0.1) is 5.92 Å². The summed E-state index contributed by atoms with van der Waals surface area (Å²) in [5, 5.41) is 0.